The van der Waals surface area contributed by atoms with Crippen molar-refractivity contribution in [2.75, 3.05) is 0 Å². The summed E-state index contributed by atoms with van der Waals surface area (Å²) in [6.45, 7) is 6.46. The number of carbonyl (C=O) groups is 1. The lowest BCUT2D eigenvalue weighted by Gasteiger charge is -2.16. The molecule has 0 aliphatic carbocycles. The van der Waals surface area contributed by atoms with Crippen LogP contribution in [0.5, 0.6) is 0 Å². The van der Waals surface area contributed by atoms with Gasteiger partial charge in [-0.25, -0.2) is 0 Å². The first-order valence-electron chi connectivity index (χ1n) is 5.73. The van der Waals surface area contributed by atoms with Gasteiger partial charge in [-0.15, -0.1) is 0 Å². The molecule has 0 unspecified atom stereocenters. The van der Waals surface area contributed by atoms with Crippen LogP contribution in [-0.4, -0.2) is 5.78 Å². The zero-order valence-electron chi connectivity index (χ0n) is 10.4. The van der Waals surface area contributed by atoms with E-state index in [-0.39, 0.29) is 11.2 Å². The topological polar surface area (TPSA) is 17.1 Å². The Labute approximate surface area is 98.2 Å². The summed E-state index contributed by atoms with van der Waals surface area (Å²) in [7, 11) is 0. The van der Waals surface area contributed by atoms with Gasteiger partial charge in [-0.05, 0) is 23.5 Å². The molecule has 16 heavy (non-hydrogen) atoms. The molecule has 1 heteroatoms. The summed E-state index contributed by atoms with van der Waals surface area (Å²) in [5, 5.41) is 0. The Balaban J connectivity index is 2.43. The number of hydrogen-bond acceptors (Lipinski definition) is 1. The fourth-order valence-electron chi connectivity index (χ4n) is 1.33. The van der Waals surface area contributed by atoms with Gasteiger partial charge in [-0.3, -0.25) is 4.79 Å². The average Bonchev–Trinajstić information content (AvgIpc) is 2.24. The summed E-state index contributed by atoms with van der Waals surface area (Å²) in [6.07, 6.45) is 5.13. The first-order chi connectivity index (χ1) is 7.47. The van der Waals surface area contributed by atoms with E-state index < -0.39 is 0 Å². The first kappa shape index (κ1) is 12.7. The van der Waals surface area contributed by atoms with Crippen LogP contribution in [0, 0.1) is 5.41 Å². The molecule has 0 spiro atoms. The van der Waals surface area contributed by atoms with Crippen LogP contribution in [0.25, 0.3) is 6.08 Å². The van der Waals surface area contributed by atoms with Crippen molar-refractivity contribution in [2.24, 2.45) is 5.41 Å². The lowest BCUT2D eigenvalue weighted by molar-refractivity contribution is -0.115. The maximum absolute atomic E-state index is 11.6. The van der Waals surface area contributed by atoms with Gasteiger partial charge in [-0.2, -0.15) is 0 Å². The van der Waals surface area contributed by atoms with Gasteiger partial charge in [-0.1, -0.05) is 57.2 Å². The van der Waals surface area contributed by atoms with Crippen molar-refractivity contribution in [2.45, 2.75) is 33.6 Å². The Hall–Kier alpha value is -1.37. The molecule has 1 rings (SSSR count). The van der Waals surface area contributed by atoms with Gasteiger partial charge >= 0.3 is 0 Å². The van der Waals surface area contributed by atoms with Crippen LogP contribution in [0.15, 0.2) is 36.4 Å². The molecule has 1 aromatic rings. The second-order valence-electron chi connectivity index (χ2n) is 5.27. The molecule has 0 saturated heterocycles. The Morgan fingerprint density at radius 1 is 1.19 bits per heavy atom. The number of benzene rings is 1. The summed E-state index contributed by atoms with van der Waals surface area (Å²) >= 11 is 0. The molecule has 0 saturated carbocycles. The summed E-state index contributed by atoms with van der Waals surface area (Å²) in [4.78, 5) is 11.6. The van der Waals surface area contributed by atoms with Gasteiger partial charge in [0.2, 0.25) is 0 Å². The van der Waals surface area contributed by atoms with Crippen LogP contribution in [0.3, 0.4) is 0 Å². The van der Waals surface area contributed by atoms with E-state index in [1.165, 1.54) is 0 Å². The fraction of sp³-hybridized carbons (Fsp3) is 0.400. The van der Waals surface area contributed by atoms with E-state index in [0.717, 1.165) is 12.0 Å². The van der Waals surface area contributed by atoms with Crippen molar-refractivity contribution >= 4 is 11.9 Å². The van der Waals surface area contributed by atoms with E-state index >= 15 is 0 Å². The van der Waals surface area contributed by atoms with Crippen LogP contribution >= 0.6 is 0 Å². The van der Waals surface area contributed by atoms with E-state index in [4.69, 9.17) is 0 Å². The van der Waals surface area contributed by atoms with E-state index in [9.17, 15) is 4.79 Å². The van der Waals surface area contributed by atoms with Gasteiger partial charge < -0.3 is 0 Å². The summed E-state index contributed by atoms with van der Waals surface area (Å²) in [6, 6.07) is 9.90. The normalized spacial score (nSPS) is 11.9. The van der Waals surface area contributed by atoms with Gasteiger partial charge in [0.25, 0.3) is 0 Å². The molecule has 0 heterocycles. The molecule has 0 radical (unpaired) electrons. The van der Waals surface area contributed by atoms with E-state index in [0.29, 0.717) is 6.42 Å². The van der Waals surface area contributed by atoms with Crippen LogP contribution in [0.2, 0.25) is 0 Å². The highest BCUT2D eigenvalue weighted by Crippen LogP contribution is 2.20. The molecule has 0 aliphatic rings. The third-order valence-corrected chi connectivity index (χ3v) is 2.38. The quantitative estimate of drug-likeness (QED) is 0.693. The molecule has 1 aromatic carbocycles. The van der Waals surface area contributed by atoms with E-state index in [2.05, 4.69) is 20.8 Å². The highest BCUT2D eigenvalue weighted by Gasteiger charge is 2.11. The van der Waals surface area contributed by atoms with Gasteiger partial charge in [0.05, 0.1) is 0 Å². The molecule has 0 fully saturated rings. The Kier molecular flexibility index (Phi) is 4.48. The SMILES string of the molecule is CC(C)(C)CCC(=O)/C=C/c1ccccc1. The molecule has 0 amide bonds. The molecule has 0 bridgehead atoms. The first-order valence-corrected chi connectivity index (χ1v) is 5.73. The lowest BCUT2D eigenvalue weighted by Crippen LogP contribution is -2.07. The van der Waals surface area contributed by atoms with E-state index in [1.54, 1.807) is 6.08 Å². The predicted octanol–water partition coefficient (Wildman–Crippen LogP) is 4.10. The van der Waals surface area contributed by atoms with E-state index in [1.807, 2.05) is 36.4 Å². The number of ketones is 1. The monoisotopic (exact) mass is 216 g/mol. The second kappa shape index (κ2) is 5.64. The third kappa shape index (κ3) is 5.50. The average molecular weight is 216 g/mol. The molecule has 0 aromatic heterocycles. The minimum Gasteiger partial charge on any atom is -0.295 e. The predicted molar refractivity (Wildman–Crippen MR) is 69.2 cm³/mol. The minimum atomic E-state index is 0.207. The molecule has 1 nitrogen and oxygen atoms in total. The van der Waals surface area contributed by atoms with Gasteiger partial charge in [0, 0.05) is 6.42 Å². The maximum Gasteiger partial charge on any atom is 0.155 e. The Morgan fingerprint density at radius 3 is 2.38 bits per heavy atom. The lowest BCUT2D eigenvalue weighted by atomic mass is 9.89. The smallest absolute Gasteiger partial charge is 0.155 e. The standard InChI is InChI=1S/C15H20O/c1-15(2,3)12-11-14(16)10-9-13-7-5-4-6-8-13/h4-10H,11-12H2,1-3H3/b10-9+. The fourth-order valence-corrected chi connectivity index (χ4v) is 1.33. The van der Waals surface area contributed by atoms with Crippen molar-refractivity contribution in [1.82, 2.24) is 0 Å². The number of rotatable bonds is 4. The molecule has 0 aliphatic heterocycles. The summed E-state index contributed by atoms with van der Waals surface area (Å²) in [5.41, 5.74) is 1.31. The number of hydrogen-bond donors (Lipinski definition) is 0. The summed E-state index contributed by atoms with van der Waals surface area (Å²) < 4.78 is 0. The van der Waals surface area contributed by atoms with Crippen LogP contribution in [0.1, 0.15) is 39.2 Å². The Morgan fingerprint density at radius 2 is 1.81 bits per heavy atom. The Bertz CT molecular complexity index is 355. The van der Waals surface area contributed by atoms with Crippen molar-refractivity contribution in [3.63, 3.8) is 0 Å². The second-order valence-corrected chi connectivity index (χ2v) is 5.27. The van der Waals surface area contributed by atoms with Crippen LogP contribution in [-0.2, 0) is 4.79 Å². The van der Waals surface area contributed by atoms with Crippen molar-refractivity contribution in [3.05, 3.63) is 42.0 Å². The van der Waals surface area contributed by atoms with Crippen LogP contribution in [0.4, 0.5) is 0 Å². The van der Waals surface area contributed by atoms with Crippen molar-refractivity contribution in [1.29, 1.82) is 0 Å². The largest absolute Gasteiger partial charge is 0.295 e. The molecule has 86 valence electrons. The molecule has 0 N–H and O–H groups in total. The summed E-state index contributed by atoms with van der Waals surface area (Å²) in [5.74, 6) is 0.207. The third-order valence-electron chi connectivity index (χ3n) is 2.38. The van der Waals surface area contributed by atoms with Crippen LogP contribution < -0.4 is 0 Å². The van der Waals surface area contributed by atoms with Crippen molar-refractivity contribution in [3.8, 4) is 0 Å². The van der Waals surface area contributed by atoms with Gasteiger partial charge in [0.1, 0.15) is 0 Å². The minimum absolute atomic E-state index is 0.207. The number of carbonyl (C=O) groups excluding carboxylic acids is 1. The maximum atomic E-state index is 11.6. The zero-order chi connectivity index (χ0) is 12.0. The molecular weight excluding hydrogens is 196 g/mol. The zero-order valence-corrected chi connectivity index (χ0v) is 10.4. The van der Waals surface area contributed by atoms with Crippen molar-refractivity contribution < 1.29 is 4.79 Å². The number of allylic oxidation sites excluding steroid dienone is 1. The molecular formula is C15H20O. The highest BCUT2D eigenvalue weighted by atomic mass is 16.1. The molecule has 0 atom stereocenters. The highest BCUT2D eigenvalue weighted by molar-refractivity contribution is 5.93. The van der Waals surface area contributed by atoms with Gasteiger partial charge in [0.15, 0.2) is 5.78 Å².